The molecule has 1 aromatic rings. The molecule has 0 radical (unpaired) electrons. The summed E-state index contributed by atoms with van der Waals surface area (Å²) in [6.07, 6.45) is 1.82. The maximum Gasteiger partial charge on any atom is 0.220 e. The summed E-state index contributed by atoms with van der Waals surface area (Å²) in [4.78, 5) is 13.7. The summed E-state index contributed by atoms with van der Waals surface area (Å²) >= 11 is 0. The van der Waals surface area contributed by atoms with E-state index < -0.39 is 5.82 Å². The number of ether oxygens (including phenoxy) is 1. The van der Waals surface area contributed by atoms with Crippen LogP contribution >= 0.6 is 0 Å². The monoisotopic (exact) mass is 282 g/mol. The summed E-state index contributed by atoms with van der Waals surface area (Å²) in [7, 11) is 5.43. The standard InChI is InChI=1S/C15H23FN2O2/c1-18(2)10-4-9-17-15(19)8-6-12-5-7-14(20-3)13(16)11-12/h5,7,11H,4,6,8-10H2,1-3H3,(H,17,19). The van der Waals surface area contributed by atoms with Gasteiger partial charge in [0.05, 0.1) is 7.11 Å². The molecule has 0 atom stereocenters. The van der Waals surface area contributed by atoms with E-state index >= 15 is 0 Å². The minimum absolute atomic E-state index is 0.0000164. The highest BCUT2D eigenvalue weighted by Crippen LogP contribution is 2.18. The third-order valence-electron chi connectivity index (χ3n) is 2.96. The molecular formula is C15H23FN2O2. The molecule has 1 aromatic carbocycles. The quantitative estimate of drug-likeness (QED) is 0.740. The predicted octanol–water partition coefficient (Wildman–Crippen LogP) is 1.83. The Morgan fingerprint density at radius 3 is 2.75 bits per heavy atom. The van der Waals surface area contributed by atoms with Crippen LogP contribution in [0.2, 0.25) is 0 Å². The Morgan fingerprint density at radius 1 is 1.40 bits per heavy atom. The van der Waals surface area contributed by atoms with Crippen molar-refractivity contribution >= 4 is 5.91 Å². The molecule has 1 rings (SSSR count). The van der Waals surface area contributed by atoms with Gasteiger partial charge in [0.2, 0.25) is 5.91 Å². The average Bonchev–Trinajstić information content (AvgIpc) is 2.41. The van der Waals surface area contributed by atoms with E-state index in [4.69, 9.17) is 4.74 Å². The second-order valence-electron chi connectivity index (χ2n) is 4.98. The lowest BCUT2D eigenvalue weighted by atomic mass is 10.1. The van der Waals surface area contributed by atoms with Crippen molar-refractivity contribution in [1.82, 2.24) is 10.2 Å². The fourth-order valence-corrected chi connectivity index (χ4v) is 1.83. The number of hydrogen-bond acceptors (Lipinski definition) is 3. The molecule has 1 amide bonds. The minimum atomic E-state index is -0.392. The summed E-state index contributed by atoms with van der Waals surface area (Å²) in [6.45, 7) is 1.62. The highest BCUT2D eigenvalue weighted by atomic mass is 19.1. The van der Waals surface area contributed by atoms with Crippen LogP contribution in [0.5, 0.6) is 5.75 Å². The van der Waals surface area contributed by atoms with Gasteiger partial charge in [-0.2, -0.15) is 0 Å². The molecule has 4 nitrogen and oxygen atoms in total. The first-order chi connectivity index (χ1) is 9.52. The third-order valence-corrected chi connectivity index (χ3v) is 2.96. The van der Waals surface area contributed by atoms with E-state index in [2.05, 4.69) is 10.2 Å². The molecule has 0 spiro atoms. The second kappa shape index (κ2) is 8.53. The van der Waals surface area contributed by atoms with Crippen LogP contribution in [0, 0.1) is 5.82 Å². The Hall–Kier alpha value is -1.62. The number of halogens is 1. The van der Waals surface area contributed by atoms with E-state index in [0.29, 0.717) is 19.4 Å². The highest BCUT2D eigenvalue weighted by Gasteiger charge is 2.06. The molecule has 0 fully saturated rings. The first-order valence-corrected chi connectivity index (χ1v) is 6.76. The minimum Gasteiger partial charge on any atom is -0.494 e. The number of amides is 1. The normalized spacial score (nSPS) is 10.7. The molecule has 0 heterocycles. The van der Waals surface area contributed by atoms with E-state index in [0.717, 1.165) is 18.5 Å². The van der Waals surface area contributed by atoms with Crippen molar-refractivity contribution in [2.45, 2.75) is 19.3 Å². The van der Waals surface area contributed by atoms with Crippen molar-refractivity contribution in [3.8, 4) is 5.75 Å². The van der Waals surface area contributed by atoms with Crippen molar-refractivity contribution in [1.29, 1.82) is 0 Å². The van der Waals surface area contributed by atoms with Crippen LogP contribution in [-0.4, -0.2) is 45.1 Å². The lowest BCUT2D eigenvalue weighted by molar-refractivity contribution is -0.121. The Labute approximate surface area is 119 Å². The lowest BCUT2D eigenvalue weighted by Crippen LogP contribution is -2.27. The lowest BCUT2D eigenvalue weighted by Gasteiger charge is -2.10. The van der Waals surface area contributed by atoms with Crippen LogP contribution in [0.4, 0.5) is 4.39 Å². The van der Waals surface area contributed by atoms with E-state index in [-0.39, 0.29) is 11.7 Å². The fourth-order valence-electron chi connectivity index (χ4n) is 1.83. The maximum absolute atomic E-state index is 13.5. The molecule has 1 N–H and O–H groups in total. The van der Waals surface area contributed by atoms with Crippen molar-refractivity contribution in [2.24, 2.45) is 0 Å². The molecule has 0 unspecified atom stereocenters. The van der Waals surface area contributed by atoms with Gasteiger partial charge in [0.15, 0.2) is 11.6 Å². The largest absolute Gasteiger partial charge is 0.494 e. The number of aryl methyl sites for hydroxylation is 1. The van der Waals surface area contributed by atoms with E-state index in [1.165, 1.54) is 13.2 Å². The Morgan fingerprint density at radius 2 is 2.15 bits per heavy atom. The Balaban J connectivity index is 2.28. The molecule has 0 aliphatic heterocycles. The van der Waals surface area contributed by atoms with Crippen molar-refractivity contribution in [3.05, 3.63) is 29.6 Å². The number of hydrogen-bond donors (Lipinski definition) is 1. The molecule has 0 aliphatic carbocycles. The van der Waals surface area contributed by atoms with Crippen molar-refractivity contribution < 1.29 is 13.9 Å². The molecule has 0 bridgehead atoms. The maximum atomic E-state index is 13.5. The predicted molar refractivity (Wildman–Crippen MR) is 77.5 cm³/mol. The fraction of sp³-hybridized carbons (Fsp3) is 0.533. The molecule has 5 heteroatoms. The van der Waals surface area contributed by atoms with Gasteiger partial charge in [-0.15, -0.1) is 0 Å². The molecule has 20 heavy (non-hydrogen) atoms. The van der Waals surface area contributed by atoms with Gasteiger partial charge in [0.1, 0.15) is 0 Å². The van der Waals surface area contributed by atoms with Gasteiger partial charge in [-0.25, -0.2) is 4.39 Å². The molecule has 112 valence electrons. The zero-order valence-corrected chi connectivity index (χ0v) is 12.4. The molecule has 0 aliphatic rings. The number of rotatable bonds is 8. The average molecular weight is 282 g/mol. The van der Waals surface area contributed by atoms with E-state index in [1.54, 1.807) is 12.1 Å². The number of nitrogens with zero attached hydrogens (tertiary/aromatic N) is 1. The smallest absolute Gasteiger partial charge is 0.220 e. The molecule has 0 aromatic heterocycles. The number of methoxy groups -OCH3 is 1. The first kappa shape index (κ1) is 16.4. The molecule has 0 saturated heterocycles. The number of carbonyl (C=O) groups is 1. The second-order valence-corrected chi connectivity index (χ2v) is 4.98. The van der Waals surface area contributed by atoms with Crippen LogP contribution in [0.1, 0.15) is 18.4 Å². The number of nitrogens with one attached hydrogen (secondary N) is 1. The zero-order chi connectivity index (χ0) is 15.0. The summed E-state index contributed by atoms with van der Waals surface area (Å²) in [6, 6.07) is 4.78. The van der Waals surface area contributed by atoms with Gasteiger partial charge in [-0.05, 0) is 51.2 Å². The Bertz CT molecular complexity index is 436. The Kier molecular flexibility index (Phi) is 7.01. The molecular weight excluding hydrogens is 259 g/mol. The van der Waals surface area contributed by atoms with Crippen LogP contribution in [-0.2, 0) is 11.2 Å². The summed E-state index contributed by atoms with van der Waals surface area (Å²) in [5, 5.41) is 2.86. The van der Waals surface area contributed by atoms with Crippen LogP contribution < -0.4 is 10.1 Å². The SMILES string of the molecule is COc1ccc(CCC(=O)NCCCN(C)C)cc1F. The van der Waals surface area contributed by atoms with E-state index in [9.17, 15) is 9.18 Å². The first-order valence-electron chi connectivity index (χ1n) is 6.76. The zero-order valence-electron chi connectivity index (χ0n) is 12.4. The number of benzene rings is 1. The summed E-state index contributed by atoms with van der Waals surface area (Å²) in [5.74, 6) is -0.168. The van der Waals surface area contributed by atoms with Gasteiger partial charge in [0.25, 0.3) is 0 Å². The van der Waals surface area contributed by atoms with Gasteiger partial charge >= 0.3 is 0 Å². The number of carbonyl (C=O) groups excluding carboxylic acids is 1. The van der Waals surface area contributed by atoms with Crippen molar-refractivity contribution in [3.63, 3.8) is 0 Å². The summed E-state index contributed by atoms with van der Waals surface area (Å²) < 4.78 is 18.3. The van der Waals surface area contributed by atoms with Gasteiger partial charge in [-0.3, -0.25) is 4.79 Å². The van der Waals surface area contributed by atoms with Gasteiger partial charge in [-0.1, -0.05) is 6.07 Å². The van der Waals surface area contributed by atoms with Gasteiger partial charge < -0.3 is 15.0 Å². The third kappa shape index (κ3) is 6.02. The van der Waals surface area contributed by atoms with Crippen molar-refractivity contribution in [2.75, 3.05) is 34.3 Å². The van der Waals surface area contributed by atoms with Gasteiger partial charge in [0, 0.05) is 13.0 Å². The van der Waals surface area contributed by atoms with Crippen LogP contribution in [0.25, 0.3) is 0 Å². The summed E-state index contributed by atoms with van der Waals surface area (Å²) in [5.41, 5.74) is 0.798. The van der Waals surface area contributed by atoms with Crippen LogP contribution in [0.15, 0.2) is 18.2 Å². The van der Waals surface area contributed by atoms with Crippen LogP contribution in [0.3, 0.4) is 0 Å². The highest BCUT2D eigenvalue weighted by molar-refractivity contribution is 5.76. The topological polar surface area (TPSA) is 41.6 Å². The van der Waals surface area contributed by atoms with E-state index in [1.807, 2.05) is 14.1 Å². The molecule has 0 saturated carbocycles.